The van der Waals surface area contributed by atoms with Gasteiger partial charge in [0.15, 0.2) is 0 Å². The van der Waals surface area contributed by atoms with E-state index in [9.17, 15) is 8.78 Å². The van der Waals surface area contributed by atoms with Crippen LogP contribution in [-0.2, 0) is 0 Å². The number of hydrogen-bond donors (Lipinski definition) is 1. The van der Waals surface area contributed by atoms with Gasteiger partial charge in [-0.05, 0) is 25.3 Å². The molecule has 0 radical (unpaired) electrons. The van der Waals surface area contributed by atoms with Crippen molar-refractivity contribution >= 4 is 0 Å². The second-order valence-corrected chi connectivity index (χ2v) is 4.40. The van der Waals surface area contributed by atoms with E-state index in [1.54, 1.807) is 0 Å². The summed E-state index contributed by atoms with van der Waals surface area (Å²) in [7, 11) is 0. The molecule has 1 saturated heterocycles. The fourth-order valence-electron chi connectivity index (χ4n) is 1.92. The van der Waals surface area contributed by atoms with E-state index in [1.165, 1.54) is 0 Å². The summed E-state index contributed by atoms with van der Waals surface area (Å²) in [6.07, 6.45) is 1.59. The largest absolute Gasteiger partial charge is 0.316 e. The van der Waals surface area contributed by atoms with Gasteiger partial charge in [-0.1, -0.05) is 13.8 Å². The van der Waals surface area contributed by atoms with E-state index in [-0.39, 0.29) is 12.3 Å². The molecule has 0 aromatic carbocycles. The van der Waals surface area contributed by atoms with Crippen molar-refractivity contribution in [1.29, 1.82) is 0 Å². The zero-order valence-corrected chi connectivity index (χ0v) is 8.45. The van der Waals surface area contributed by atoms with E-state index in [4.69, 9.17) is 0 Å². The highest BCUT2D eigenvalue weighted by molar-refractivity contribution is 4.82. The van der Waals surface area contributed by atoms with E-state index >= 15 is 0 Å². The van der Waals surface area contributed by atoms with Crippen LogP contribution in [0.5, 0.6) is 0 Å². The van der Waals surface area contributed by atoms with Crippen LogP contribution in [0.4, 0.5) is 8.78 Å². The molecule has 1 unspecified atom stereocenters. The summed E-state index contributed by atoms with van der Waals surface area (Å²) in [5, 5.41) is 3.03. The second-order valence-electron chi connectivity index (χ2n) is 4.40. The Morgan fingerprint density at radius 2 is 2.15 bits per heavy atom. The van der Waals surface area contributed by atoms with Crippen LogP contribution in [-0.4, -0.2) is 19.0 Å². The Morgan fingerprint density at radius 1 is 1.46 bits per heavy atom. The quantitative estimate of drug-likeness (QED) is 0.723. The van der Waals surface area contributed by atoms with Crippen LogP contribution in [0, 0.1) is 11.8 Å². The molecule has 1 rings (SSSR count). The predicted molar refractivity (Wildman–Crippen MR) is 50.0 cm³/mol. The lowest BCUT2D eigenvalue weighted by molar-refractivity contribution is -0.0808. The lowest BCUT2D eigenvalue weighted by atomic mass is 9.88. The number of nitrogens with one attached hydrogen (secondary N) is 1. The predicted octanol–water partition coefficient (Wildman–Crippen LogP) is 2.67. The number of rotatable bonds is 3. The first kappa shape index (κ1) is 10.9. The summed E-state index contributed by atoms with van der Waals surface area (Å²) < 4.78 is 27.0. The van der Waals surface area contributed by atoms with Crippen LogP contribution in [0.2, 0.25) is 0 Å². The van der Waals surface area contributed by atoms with Crippen molar-refractivity contribution in [2.45, 2.75) is 39.0 Å². The highest BCUT2D eigenvalue weighted by Gasteiger charge is 2.39. The van der Waals surface area contributed by atoms with Gasteiger partial charge in [-0.25, -0.2) is 8.78 Å². The minimum absolute atomic E-state index is 0.0271. The fourth-order valence-corrected chi connectivity index (χ4v) is 1.92. The lowest BCUT2D eigenvalue weighted by Gasteiger charge is -2.31. The Morgan fingerprint density at radius 3 is 2.62 bits per heavy atom. The van der Waals surface area contributed by atoms with Crippen LogP contribution < -0.4 is 5.32 Å². The van der Waals surface area contributed by atoms with Gasteiger partial charge in [-0.15, -0.1) is 0 Å². The highest BCUT2D eigenvalue weighted by Crippen LogP contribution is 2.34. The van der Waals surface area contributed by atoms with Gasteiger partial charge in [0, 0.05) is 18.9 Å². The maximum absolute atomic E-state index is 13.5. The smallest absolute Gasteiger partial charge is 0.252 e. The van der Waals surface area contributed by atoms with E-state index < -0.39 is 11.8 Å². The number of halogens is 2. The van der Waals surface area contributed by atoms with Crippen molar-refractivity contribution in [3.63, 3.8) is 0 Å². The minimum atomic E-state index is -2.47. The number of alkyl halides is 2. The zero-order valence-electron chi connectivity index (χ0n) is 8.45. The van der Waals surface area contributed by atoms with Gasteiger partial charge in [-0.3, -0.25) is 0 Å². The van der Waals surface area contributed by atoms with Crippen molar-refractivity contribution < 1.29 is 8.78 Å². The van der Waals surface area contributed by atoms with Crippen LogP contribution in [0.15, 0.2) is 0 Å². The van der Waals surface area contributed by atoms with Gasteiger partial charge in [0.25, 0.3) is 5.92 Å². The summed E-state index contributed by atoms with van der Waals surface area (Å²) in [5.41, 5.74) is 0. The molecule has 3 heteroatoms. The van der Waals surface area contributed by atoms with E-state index in [0.29, 0.717) is 13.0 Å². The Bertz CT molecular complexity index is 151. The van der Waals surface area contributed by atoms with Gasteiger partial charge in [-0.2, -0.15) is 0 Å². The molecule has 0 amide bonds. The third-order valence-corrected chi connectivity index (χ3v) is 2.57. The molecule has 1 atom stereocenters. The van der Waals surface area contributed by atoms with Crippen LogP contribution in [0.25, 0.3) is 0 Å². The number of hydrogen-bond acceptors (Lipinski definition) is 1. The molecule has 1 N–H and O–H groups in total. The van der Waals surface area contributed by atoms with Gasteiger partial charge >= 0.3 is 0 Å². The highest BCUT2D eigenvalue weighted by atomic mass is 19.3. The average Bonchev–Trinajstić information content (AvgIpc) is 2.04. The molecule has 13 heavy (non-hydrogen) atoms. The lowest BCUT2D eigenvalue weighted by Crippen LogP contribution is -2.41. The van der Waals surface area contributed by atoms with Crippen molar-refractivity contribution in [2.24, 2.45) is 11.8 Å². The summed E-state index contributed by atoms with van der Waals surface area (Å²) >= 11 is 0. The van der Waals surface area contributed by atoms with E-state index in [2.05, 4.69) is 5.32 Å². The van der Waals surface area contributed by atoms with Crippen LogP contribution in [0.1, 0.15) is 33.1 Å². The SMILES string of the molecule is CC(C)CC(F)(F)C1CCCNC1. The number of piperidine rings is 1. The molecular weight excluding hydrogens is 172 g/mol. The Hall–Kier alpha value is -0.180. The van der Waals surface area contributed by atoms with Crippen molar-refractivity contribution in [3.8, 4) is 0 Å². The van der Waals surface area contributed by atoms with Crippen LogP contribution in [0.3, 0.4) is 0 Å². The van der Waals surface area contributed by atoms with Crippen molar-refractivity contribution in [3.05, 3.63) is 0 Å². The third-order valence-electron chi connectivity index (χ3n) is 2.57. The Labute approximate surface area is 78.9 Å². The first-order chi connectivity index (χ1) is 6.02. The van der Waals surface area contributed by atoms with E-state index in [0.717, 1.165) is 13.0 Å². The summed E-state index contributed by atoms with van der Waals surface area (Å²) in [5.74, 6) is -2.83. The van der Waals surface area contributed by atoms with Crippen molar-refractivity contribution in [1.82, 2.24) is 5.32 Å². The Kier molecular flexibility index (Phi) is 3.65. The maximum atomic E-state index is 13.5. The van der Waals surface area contributed by atoms with Gasteiger partial charge in [0.1, 0.15) is 0 Å². The summed E-state index contributed by atoms with van der Waals surface area (Å²) in [6.45, 7) is 5.09. The molecule has 0 aromatic heterocycles. The molecule has 1 heterocycles. The molecule has 78 valence electrons. The fraction of sp³-hybridized carbons (Fsp3) is 1.00. The molecule has 0 spiro atoms. The zero-order chi connectivity index (χ0) is 9.90. The topological polar surface area (TPSA) is 12.0 Å². The minimum Gasteiger partial charge on any atom is -0.316 e. The molecule has 1 nitrogen and oxygen atoms in total. The molecule has 1 fully saturated rings. The molecule has 0 aliphatic carbocycles. The van der Waals surface area contributed by atoms with Crippen LogP contribution >= 0.6 is 0 Å². The summed E-state index contributed by atoms with van der Waals surface area (Å²) in [6, 6.07) is 0. The molecule has 1 aliphatic heterocycles. The van der Waals surface area contributed by atoms with Gasteiger partial charge in [0.2, 0.25) is 0 Å². The first-order valence-electron chi connectivity index (χ1n) is 5.11. The maximum Gasteiger partial charge on any atom is 0.252 e. The second kappa shape index (κ2) is 4.36. The summed E-state index contributed by atoms with van der Waals surface area (Å²) in [4.78, 5) is 0. The van der Waals surface area contributed by atoms with Gasteiger partial charge < -0.3 is 5.32 Å². The van der Waals surface area contributed by atoms with E-state index in [1.807, 2.05) is 13.8 Å². The molecule has 0 bridgehead atoms. The molecule has 0 aromatic rings. The molecular formula is C10H19F2N. The first-order valence-corrected chi connectivity index (χ1v) is 5.11. The molecule has 0 saturated carbocycles. The molecule has 1 aliphatic rings. The monoisotopic (exact) mass is 191 g/mol. The standard InChI is InChI=1S/C10H19F2N/c1-8(2)6-10(11,12)9-4-3-5-13-7-9/h8-9,13H,3-7H2,1-2H3. The van der Waals surface area contributed by atoms with Crippen molar-refractivity contribution in [2.75, 3.05) is 13.1 Å². The average molecular weight is 191 g/mol. The third kappa shape index (κ3) is 3.22. The Balaban J connectivity index is 2.45. The normalized spacial score (nSPS) is 25.2. The van der Waals surface area contributed by atoms with Gasteiger partial charge in [0.05, 0.1) is 0 Å².